The van der Waals surface area contributed by atoms with E-state index in [1.807, 2.05) is 7.05 Å². The molecule has 0 aliphatic heterocycles. The van der Waals surface area contributed by atoms with Crippen LogP contribution in [0.15, 0.2) is 23.2 Å². The van der Waals surface area contributed by atoms with E-state index in [0.717, 1.165) is 43.5 Å². The fourth-order valence-corrected chi connectivity index (χ4v) is 3.92. The number of aryl methyl sites for hydroxylation is 1. The van der Waals surface area contributed by atoms with E-state index in [2.05, 4.69) is 47.7 Å². The SMILES string of the molecule is CCOCCC1(CNC(=NC)NCc2ccc(C)cc2OCCOC)CCCC1. The second-order valence-electron chi connectivity index (χ2n) is 7.89. The zero-order valence-corrected chi connectivity index (χ0v) is 18.7. The van der Waals surface area contributed by atoms with Crippen LogP contribution >= 0.6 is 0 Å². The third-order valence-electron chi connectivity index (χ3n) is 5.71. The van der Waals surface area contributed by atoms with Gasteiger partial charge >= 0.3 is 0 Å². The summed E-state index contributed by atoms with van der Waals surface area (Å²) >= 11 is 0. The second kappa shape index (κ2) is 12.7. The molecule has 0 aromatic heterocycles. The van der Waals surface area contributed by atoms with Crippen molar-refractivity contribution in [1.82, 2.24) is 10.6 Å². The van der Waals surface area contributed by atoms with Crippen molar-refractivity contribution in [1.29, 1.82) is 0 Å². The Hall–Kier alpha value is -1.79. The Kier molecular flexibility index (Phi) is 10.3. The molecule has 0 bridgehead atoms. The molecular weight excluding hydrogens is 366 g/mol. The lowest BCUT2D eigenvalue weighted by Crippen LogP contribution is -2.43. The standard InChI is InChI=1S/C23H39N3O3/c1-5-28-13-12-23(10-6-7-11-23)18-26-22(24-3)25-17-20-9-8-19(2)16-21(20)29-15-14-27-4/h8-9,16H,5-7,10-15,17-18H2,1-4H3,(H2,24,25,26). The molecule has 1 aromatic carbocycles. The molecule has 1 aromatic rings. The van der Waals surface area contributed by atoms with Gasteiger partial charge in [0.25, 0.3) is 0 Å². The highest BCUT2D eigenvalue weighted by Crippen LogP contribution is 2.40. The first-order chi connectivity index (χ1) is 14.1. The number of methoxy groups -OCH3 is 1. The summed E-state index contributed by atoms with van der Waals surface area (Å²) < 4.78 is 16.6. The molecule has 0 amide bonds. The number of ether oxygens (including phenoxy) is 3. The molecule has 2 rings (SSSR count). The van der Waals surface area contributed by atoms with Gasteiger partial charge in [-0.3, -0.25) is 4.99 Å². The van der Waals surface area contributed by atoms with Crippen LogP contribution in [0.5, 0.6) is 5.75 Å². The van der Waals surface area contributed by atoms with Crippen molar-refractivity contribution in [3.63, 3.8) is 0 Å². The molecule has 0 unspecified atom stereocenters. The predicted octanol–water partition coefficient (Wildman–Crippen LogP) is 3.67. The molecule has 1 aliphatic carbocycles. The minimum atomic E-state index is 0.324. The Morgan fingerprint density at radius 2 is 1.93 bits per heavy atom. The second-order valence-corrected chi connectivity index (χ2v) is 7.89. The van der Waals surface area contributed by atoms with E-state index >= 15 is 0 Å². The number of aliphatic imine (C=N–C) groups is 1. The summed E-state index contributed by atoms with van der Waals surface area (Å²) in [5.74, 6) is 1.73. The van der Waals surface area contributed by atoms with Crippen LogP contribution < -0.4 is 15.4 Å². The van der Waals surface area contributed by atoms with Crippen molar-refractivity contribution < 1.29 is 14.2 Å². The molecule has 6 nitrogen and oxygen atoms in total. The average molecular weight is 406 g/mol. The van der Waals surface area contributed by atoms with E-state index in [1.165, 1.54) is 31.2 Å². The van der Waals surface area contributed by atoms with Crippen molar-refractivity contribution in [2.75, 3.05) is 47.1 Å². The van der Waals surface area contributed by atoms with Crippen LogP contribution in [0.1, 0.15) is 50.2 Å². The van der Waals surface area contributed by atoms with Crippen molar-refractivity contribution >= 4 is 5.96 Å². The first-order valence-electron chi connectivity index (χ1n) is 10.9. The molecule has 29 heavy (non-hydrogen) atoms. The Labute approximate surface area is 176 Å². The zero-order chi connectivity index (χ0) is 21.0. The third kappa shape index (κ3) is 7.86. The van der Waals surface area contributed by atoms with Crippen LogP contribution in [0.25, 0.3) is 0 Å². The van der Waals surface area contributed by atoms with Gasteiger partial charge in [0, 0.05) is 46.0 Å². The summed E-state index contributed by atoms with van der Waals surface area (Å²) in [6.07, 6.45) is 6.26. The molecule has 164 valence electrons. The third-order valence-corrected chi connectivity index (χ3v) is 5.71. The molecule has 1 saturated carbocycles. The van der Waals surface area contributed by atoms with Gasteiger partial charge in [-0.2, -0.15) is 0 Å². The Morgan fingerprint density at radius 3 is 2.62 bits per heavy atom. The summed E-state index contributed by atoms with van der Waals surface area (Å²) in [6.45, 7) is 8.48. The van der Waals surface area contributed by atoms with E-state index in [1.54, 1.807) is 7.11 Å². The number of nitrogens with zero attached hydrogens (tertiary/aromatic N) is 1. The van der Waals surface area contributed by atoms with Gasteiger partial charge in [0.2, 0.25) is 0 Å². The lowest BCUT2D eigenvalue weighted by atomic mass is 9.83. The Morgan fingerprint density at radius 1 is 1.14 bits per heavy atom. The maximum Gasteiger partial charge on any atom is 0.191 e. The fourth-order valence-electron chi connectivity index (χ4n) is 3.92. The molecule has 0 saturated heterocycles. The largest absolute Gasteiger partial charge is 0.491 e. The number of hydrogen-bond donors (Lipinski definition) is 2. The molecule has 0 radical (unpaired) electrons. The molecule has 1 fully saturated rings. The number of nitrogens with one attached hydrogen (secondary N) is 2. The smallest absolute Gasteiger partial charge is 0.191 e. The topological polar surface area (TPSA) is 64.1 Å². The number of hydrogen-bond acceptors (Lipinski definition) is 4. The Bertz CT molecular complexity index is 628. The van der Waals surface area contributed by atoms with Gasteiger partial charge in [0.05, 0.1) is 6.61 Å². The van der Waals surface area contributed by atoms with Gasteiger partial charge in [0.15, 0.2) is 5.96 Å². The average Bonchev–Trinajstić information content (AvgIpc) is 3.19. The quantitative estimate of drug-likeness (QED) is 0.316. The van der Waals surface area contributed by atoms with Crippen molar-refractivity contribution in [3.8, 4) is 5.75 Å². The van der Waals surface area contributed by atoms with Gasteiger partial charge in [-0.15, -0.1) is 0 Å². The van der Waals surface area contributed by atoms with E-state index in [9.17, 15) is 0 Å². The first kappa shape index (κ1) is 23.5. The molecule has 6 heteroatoms. The maximum atomic E-state index is 5.90. The van der Waals surface area contributed by atoms with Crippen molar-refractivity contribution in [2.24, 2.45) is 10.4 Å². The molecule has 2 N–H and O–H groups in total. The number of benzene rings is 1. The summed E-state index contributed by atoms with van der Waals surface area (Å²) in [6, 6.07) is 6.29. The highest BCUT2D eigenvalue weighted by atomic mass is 16.5. The van der Waals surface area contributed by atoms with Crippen LogP contribution in [0.2, 0.25) is 0 Å². The van der Waals surface area contributed by atoms with Crippen LogP contribution in [0.3, 0.4) is 0 Å². The van der Waals surface area contributed by atoms with Crippen molar-refractivity contribution in [2.45, 2.75) is 52.5 Å². The normalized spacial score (nSPS) is 16.1. The summed E-state index contributed by atoms with van der Waals surface area (Å²) in [7, 11) is 3.51. The zero-order valence-electron chi connectivity index (χ0n) is 18.7. The van der Waals surface area contributed by atoms with Crippen molar-refractivity contribution in [3.05, 3.63) is 29.3 Å². The van der Waals surface area contributed by atoms with Gasteiger partial charge in [-0.25, -0.2) is 0 Å². The van der Waals surface area contributed by atoms with Crippen LogP contribution in [0.4, 0.5) is 0 Å². The summed E-state index contributed by atoms with van der Waals surface area (Å²) in [5, 5.41) is 7.00. The minimum Gasteiger partial charge on any atom is -0.491 e. The monoisotopic (exact) mass is 405 g/mol. The number of guanidine groups is 1. The maximum absolute atomic E-state index is 5.90. The molecule has 1 aliphatic rings. The van der Waals surface area contributed by atoms with E-state index < -0.39 is 0 Å². The lowest BCUT2D eigenvalue weighted by Gasteiger charge is -2.30. The molecular formula is C23H39N3O3. The van der Waals surface area contributed by atoms with Crippen LogP contribution in [-0.2, 0) is 16.0 Å². The minimum absolute atomic E-state index is 0.324. The Balaban J connectivity index is 1.90. The number of rotatable bonds is 12. The van der Waals surface area contributed by atoms with Crippen LogP contribution in [-0.4, -0.2) is 53.1 Å². The lowest BCUT2D eigenvalue weighted by molar-refractivity contribution is 0.105. The highest BCUT2D eigenvalue weighted by Gasteiger charge is 2.33. The summed E-state index contributed by atoms with van der Waals surface area (Å²) in [5.41, 5.74) is 2.62. The predicted molar refractivity (Wildman–Crippen MR) is 119 cm³/mol. The molecule has 0 spiro atoms. The fraction of sp³-hybridized carbons (Fsp3) is 0.696. The van der Waals surface area contributed by atoms with Gasteiger partial charge in [0.1, 0.15) is 12.4 Å². The first-order valence-corrected chi connectivity index (χ1v) is 10.9. The molecule has 0 atom stereocenters. The van der Waals surface area contributed by atoms with Crippen LogP contribution in [0, 0.1) is 12.3 Å². The van der Waals surface area contributed by atoms with Gasteiger partial charge in [-0.1, -0.05) is 25.0 Å². The summed E-state index contributed by atoms with van der Waals surface area (Å²) in [4.78, 5) is 4.42. The van der Waals surface area contributed by atoms with E-state index in [4.69, 9.17) is 14.2 Å². The van der Waals surface area contributed by atoms with E-state index in [-0.39, 0.29) is 0 Å². The van der Waals surface area contributed by atoms with E-state index in [0.29, 0.717) is 25.2 Å². The van der Waals surface area contributed by atoms with Gasteiger partial charge in [-0.05, 0) is 50.2 Å². The van der Waals surface area contributed by atoms with Gasteiger partial charge < -0.3 is 24.8 Å². The molecule has 0 heterocycles. The highest BCUT2D eigenvalue weighted by molar-refractivity contribution is 5.79.